The van der Waals surface area contributed by atoms with Crippen molar-refractivity contribution in [1.82, 2.24) is 10.5 Å². The van der Waals surface area contributed by atoms with Gasteiger partial charge in [0.1, 0.15) is 0 Å². The fourth-order valence-corrected chi connectivity index (χ4v) is 5.14. The van der Waals surface area contributed by atoms with E-state index < -0.39 is 5.97 Å². The van der Waals surface area contributed by atoms with E-state index in [1.165, 1.54) is 141 Å². The highest BCUT2D eigenvalue weighted by atomic mass is 16.7. The van der Waals surface area contributed by atoms with Gasteiger partial charge in [-0.2, -0.15) is 0 Å². The average Bonchev–Trinajstić information content (AvgIpc) is 3.13. The molecule has 7 heteroatoms. The van der Waals surface area contributed by atoms with Gasteiger partial charge in [-0.05, 0) is 77.0 Å². The SMILES string of the molecule is CCCCC/C=C\C/C=C\CCCCCCCCCC(=O)N(C)OC.CCCCC/C=C\C/C=C\CCCCCCCCCC(=O)O.CNOC. The monoisotopic (exact) mass is 721 g/mol. The summed E-state index contributed by atoms with van der Waals surface area (Å²) in [5, 5.41) is 9.84. The summed E-state index contributed by atoms with van der Waals surface area (Å²) >= 11 is 0. The van der Waals surface area contributed by atoms with Crippen LogP contribution in [0, 0.1) is 0 Å². The molecule has 0 rings (SSSR count). The number of hydroxylamine groups is 3. The number of amides is 1. The Bertz CT molecular complexity index is 807. The van der Waals surface area contributed by atoms with Crippen LogP contribution in [0.4, 0.5) is 0 Å². The molecule has 0 aliphatic heterocycles. The van der Waals surface area contributed by atoms with Crippen molar-refractivity contribution < 1.29 is 24.4 Å². The van der Waals surface area contributed by atoms with E-state index in [4.69, 9.17) is 9.94 Å². The van der Waals surface area contributed by atoms with Crippen molar-refractivity contribution in [3.05, 3.63) is 48.6 Å². The van der Waals surface area contributed by atoms with Gasteiger partial charge in [-0.1, -0.05) is 152 Å². The minimum Gasteiger partial charge on any atom is -0.481 e. The van der Waals surface area contributed by atoms with E-state index in [-0.39, 0.29) is 5.91 Å². The Morgan fingerprint density at radius 1 is 0.529 bits per heavy atom. The largest absolute Gasteiger partial charge is 0.481 e. The van der Waals surface area contributed by atoms with Gasteiger partial charge in [0.2, 0.25) is 5.91 Å². The van der Waals surface area contributed by atoms with Gasteiger partial charge in [0.15, 0.2) is 0 Å². The standard InChI is InChI=1S/C22H41NO2.C20H36O2.C2H7NO/c1-4-5-6-7-8-9-10-11-12-13-14-15-16-17-18-19-20-21-22(24)23(2)25-3;1-2-3-4-5-6-7-8-9-10-11-12-13-14-15-16-17-18-19-20(21)22;1-3-4-2/h8-9,11-12H,4-7,10,13-21H2,1-3H3;6-7,9-10H,2-5,8,11-19H2,1H3,(H,21,22);3H,1-2H3/b9-8-,12-11-;7-6-,10-9-;. The molecule has 0 unspecified atom stereocenters. The zero-order valence-corrected chi connectivity index (χ0v) is 34.4. The van der Waals surface area contributed by atoms with Crippen LogP contribution in [0.25, 0.3) is 0 Å². The van der Waals surface area contributed by atoms with Gasteiger partial charge in [0.05, 0.1) is 14.2 Å². The Kier molecular flexibility index (Phi) is 52.0. The Hall–Kier alpha value is -2.22. The number of hydrogen-bond acceptors (Lipinski definition) is 5. The molecule has 300 valence electrons. The highest BCUT2D eigenvalue weighted by Crippen LogP contribution is 2.12. The van der Waals surface area contributed by atoms with Crippen LogP contribution in [0.5, 0.6) is 0 Å². The molecule has 0 saturated carbocycles. The van der Waals surface area contributed by atoms with Gasteiger partial charge >= 0.3 is 5.97 Å². The van der Waals surface area contributed by atoms with Gasteiger partial charge in [-0.15, -0.1) is 0 Å². The maximum absolute atomic E-state index is 11.5. The van der Waals surface area contributed by atoms with E-state index in [1.807, 2.05) is 0 Å². The molecule has 0 fully saturated rings. The first-order valence-corrected chi connectivity index (χ1v) is 20.7. The van der Waals surface area contributed by atoms with Crippen molar-refractivity contribution in [2.24, 2.45) is 0 Å². The number of nitrogens with one attached hydrogen (secondary N) is 1. The Balaban J connectivity index is -0.000000821. The van der Waals surface area contributed by atoms with E-state index in [0.29, 0.717) is 12.8 Å². The van der Waals surface area contributed by atoms with E-state index in [2.05, 4.69) is 72.8 Å². The molecule has 7 nitrogen and oxygen atoms in total. The number of nitrogens with zero attached hydrogens (tertiary/aromatic N) is 1. The fourth-order valence-electron chi connectivity index (χ4n) is 5.14. The lowest BCUT2D eigenvalue weighted by atomic mass is 10.1. The molecule has 0 radical (unpaired) electrons. The fraction of sp³-hybridized carbons (Fsp3) is 0.773. The lowest BCUT2D eigenvalue weighted by molar-refractivity contribution is -0.168. The smallest absolute Gasteiger partial charge is 0.303 e. The van der Waals surface area contributed by atoms with Crippen molar-refractivity contribution >= 4 is 11.9 Å². The van der Waals surface area contributed by atoms with Gasteiger partial charge in [0.25, 0.3) is 0 Å². The normalized spacial score (nSPS) is 11.3. The third-order valence-electron chi connectivity index (χ3n) is 8.51. The summed E-state index contributed by atoms with van der Waals surface area (Å²) in [7, 11) is 6.47. The summed E-state index contributed by atoms with van der Waals surface area (Å²) in [6.07, 6.45) is 51.2. The summed E-state index contributed by atoms with van der Waals surface area (Å²) in [4.78, 5) is 31.0. The zero-order chi connectivity index (χ0) is 38.3. The van der Waals surface area contributed by atoms with E-state index >= 15 is 0 Å². The maximum atomic E-state index is 11.5. The molecule has 1 amide bonds. The zero-order valence-electron chi connectivity index (χ0n) is 34.4. The quantitative estimate of drug-likeness (QED) is 0.0391. The number of allylic oxidation sites excluding steroid dienone is 8. The molecule has 0 aromatic carbocycles. The second-order valence-corrected chi connectivity index (χ2v) is 13.3. The van der Waals surface area contributed by atoms with Crippen LogP contribution in [0.15, 0.2) is 48.6 Å². The molecule has 0 aliphatic carbocycles. The van der Waals surface area contributed by atoms with E-state index in [9.17, 15) is 9.59 Å². The number of carboxylic acid groups (broad SMARTS) is 1. The van der Waals surface area contributed by atoms with Crippen molar-refractivity contribution in [1.29, 1.82) is 0 Å². The summed E-state index contributed by atoms with van der Waals surface area (Å²) in [6.45, 7) is 4.49. The molecule has 0 heterocycles. The second-order valence-electron chi connectivity index (χ2n) is 13.3. The predicted molar refractivity (Wildman–Crippen MR) is 221 cm³/mol. The first kappa shape index (κ1) is 53.1. The summed E-state index contributed by atoms with van der Waals surface area (Å²) < 4.78 is 0. The highest BCUT2D eigenvalue weighted by molar-refractivity contribution is 5.74. The van der Waals surface area contributed by atoms with Crippen LogP contribution in [-0.4, -0.2) is 50.4 Å². The number of hydrogen-bond donors (Lipinski definition) is 2. The Morgan fingerprint density at radius 3 is 1.16 bits per heavy atom. The molecule has 0 saturated heterocycles. The third kappa shape index (κ3) is 54.7. The van der Waals surface area contributed by atoms with Gasteiger partial charge < -0.3 is 9.94 Å². The second kappa shape index (κ2) is 49.9. The number of carboxylic acids is 1. The van der Waals surface area contributed by atoms with Crippen molar-refractivity contribution in [3.8, 4) is 0 Å². The summed E-state index contributed by atoms with van der Waals surface area (Å²) in [5.41, 5.74) is 2.43. The maximum Gasteiger partial charge on any atom is 0.303 e. The molecule has 0 aliphatic rings. The Morgan fingerprint density at radius 2 is 0.843 bits per heavy atom. The molecule has 0 aromatic rings. The van der Waals surface area contributed by atoms with E-state index in [0.717, 1.165) is 38.5 Å². The topological polar surface area (TPSA) is 88.1 Å². The molecule has 0 bridgehead atoms. The third-order valence-corrected chi connectivity index (χ3v) is 8.51. The average molecular weight is 721 g/mol. The number of carbonyl (C=O) groups excluding carboxylic acids is 1. The van der Waals surface area contributed by atoms with Crippen molar-refractivity contribution in [2.45, 2.75) is 194 Å². The van der Waals surface area contributed by atoms with Crippen molar-refractivity contribution in [2.75, 3.05) is 28.3 Å². The van der Waals surface area contributed by atoms with Crippen LogP contribution >= 0.6 is 0 Å². The van der Waals surface area contributed by atoms with Crippen LogP contribution in [0.1, 0.15) is 194 Å². The summed E-state index contributed by atoms with van der Waals surface area (Å²) in [5.74, 6) is -0.590. The molecule has 51 heavy (non-hydrogen) atoms. The molecule has 0 aromatic heterocycles. The number of aliphatic carboxylic acids is 1. The lowest BCUT2D eigenvalue weighted by Crippen LogP contribution is -2.24. The first-order valence-electron chi connectivity index (χ1n) is 20.7. The van der Waals surface area contributed by atoms with Gasteiger partial charge in [-0.3, -0.25) is 14.4 Å². The summed E-state index contributed by atoms with van der Waals surface area (Å²) in [6, 6.07) is 0. The van der Waals surface area contributed by atoms with Crippen LogP contribution in [-0.2, 0) is 19.3 Å². The van der Waals surface area contributed by atoms with Crippen LogP contribution in [0.2, 0.25) is 0 Å². The van der Waals surface area contributed by atoms with Crippen molar-refractivity contribution in [3.63, 3.8) is 0 Å². The first-order chi connectivity index (χ1) is 24.9. The minimum atomic E-state index is -0.664. The molecule has 2 N–H and O–H groups in total. The number of rotatable bonds is 34. The molecule has 0 atom stereocenters. The number of carbonyl (C=O) groups is 2. The van der Waals surface area contributed by atoms with Gasteiger partial charge in [-0.25, -0.2) is 10.5 Å². The van der Waals surface area contributed by atoms with E-state index in [1.54, 1.807) is 21.2 Å². The minimum absolute atomic E-state index is 0.0742. The molecule has 0 spiro atoms. The predicted octanol–water partition coefficient (Wildman–Crippen LogP) is 13.0. The highest BCUT2D eigenvalue weighted by Gasteiger charge is 2.06. The number of unbranched alkanes of at least 4 members (excludes halogenated alkanes) is 20. The lowest BCUT2D eigenvalue weighted by Gasteiger charge is -2.12. The molecular weight excluding hydrogens is 636 g/mol. The Labute approximate surface area is 316 Å². The van der Waals surface area contributed by atoms with Crippen LogP contribution < -0.4 is 5.48 Å². The molecular formula is C44H84N2O5. The van der Waals surface area contributed by atoms with Gasteiger partial charge in [0, 0.05) is 26.9 Å². The van der Waals surface area contributed by atoms with Crippen LogP contribution in [0.3, 0.4) is 0 Å².